The minimum atomic E-state index is -0.358. The molecular formula is C13H10BrF2NS. The van der Waals surface area contributed by atoms with Crippen LogP contribution in [0.15, 0.2) is 45.8 Å². The van der Waals surface area contributed by atoms with Crippen molar-refractivity contribution in [3.63, 3.8) is 0 Å². The smallest absolute Gasteiger partial charge is 0.137 e. The number of nitrogen functional groups attached to an aromatic ring is 1. The van der Waals surface area contributed by atoms with E-state index in [9.17, 15) is 8.78 Å². The van der Waals surface area contributed by atoms with Crippen LogP contribution in [-0.4, -0.2) is 0 Å². The first-order chi connectivity index (χ1) is 8.58. The van der Waals surface area contributed by atoms with Crippen molar-refractivity contribution in [2.75, 3.05) is 5.73 Å². The second-order valence-corrected chi connectivity index (χ2v) is 5.49. The van der Waals surface area contributed by atoms with Gasteiger partial charge in [-0.2, -0.15) is 0 Å². The topological polar surface area (TPSA) is 26.0 Å². The molecule has 5 heteroatoms. The number of hydrogen-bond donors (Lipinski definition) is 1. The molecule has 0 aliphatic heterocycles. The molecule has 0 amide bonds. The molecule has 0 radical (unpaired) electrons. The van der Waals surface area contributed by atoms with E-state index in [0.29, 0.717) is 15.9 Å². The lowest BCUT2D eigenvalue weighted by Crippen LogP contribution is -1.91. The van der Waals surface area contributed by atoms with Crippen molar-refractivity contribution < 1.29 is 8.78 Å². The molecule has 0 saturated heterocycles. The summed E-state index contributed by atoms with van der Waals surface area (Å²) in [4.78, 5) is 0.785. The van der Waals surface area contributed by atoms with Crippen molar-refractivity contribution in [3.8, 4) is 0 Å². The Balaban J connectivity index is 2.14. The largest absolute Gasteiger partial charge is 0.398 e. The zero-order valence-electron chi connectivity index (χ0n) is 9.29. The van der Waals surface area contributed by atoms with Gasteiger partial charge in [0.25, 0.3) is 0 Å². The standard InChI is InChI=1S/C13H10BrF2NS/c14-13-8(2-1-3-10(13)16)7-18-12-5-4-9(15)6-11(12)17/h1-6H,7,17H2. The summed E-state index contributed by atoms with van der Waals surface area (Å²) in [7, 11) is 0. The first kappa shape index (κ1) is 13.4. The summed E-state index contributed by atoms with van der Waals surface area (Å²) in [5.74, 6) is -0.0854. The second kappa shape index (κ2) is 5.71. The molecule has 0 atom stereocenters. The van der Waals surface area contributed by atoms with Gasteiger partial charge in [0.15, 0.2) is 0 Å². The maximum Gasteiger partial charge on any atom is 0.137 e. The van der Waals surface area contributed by atoms with Gasteiger partial charge in [0.2, 0.25) is 0 Å². The van der Waals surface area contributed by atoms with E-state index in [2.05, 4.69) is 15.9 Å². The summed E-state index contributed by atoms with van der Waals surface area (Å²) < 4.78 is 26.6. The first-order valence-corrected chi connectivity index (χ1v) is 6.96. The van der Waals surface area contributed by atoms with Gasteiger partial charge in [0.1, 0.15) is 11.6 Å². The van der Waals surface area contributed by atoms with Crippen LogP contribution in [0.5, 0.6) is 0 Å². The summed E-state index contributed by atoms with van der Waals surface area (Å²) in [6, 6.07) is 9.15. The van der Waals surface area contributed by atoms with Gasteiger partial charge in [-0.25, -0.2) is 8.78 Å². The predicted octanol–water partition coefficient (Wildman–Crippen LogP) is 4.60. The van der Waals surface area contributed by atoms with Crippen LogP contribution in [0.1, 0.15) is 5.56 Å². The highest BCUT2D eigenvalue weighted by Crippen LogP contribution is 2.31. The number of nitrogens with two attached hydrogens (primary N) is 1. The highest BCUT2D eigenvalue weighted by atomic mass is 79.9. The highest BCUT2D eigenvalue weighted by molar-refractivity contribution is 9.10. The first-order valence-electron chi connectivity index (χ1n) is 5.18. The average Bonchev–Trinajstić information content (AvgIpc) is 2.33. The Morgan fingerprint density at radius 2 is 1.94 bits per heavy atom. The zero-order valence-corrected chi connectivity index (χ0v) is 11.7. The molecule has 94 valence electrons. The molecule has 1 nitrogen and oxygen atoms in total. The van der Waals surface area contributed by atoms with Crippen molar-refractivity contribution in [1.82, 2.24) is 0 Å². The molecule has 2 rings (SSSR count). The molecule has 18 heavy (non-hydrogen) atoms. The van der Waals surface area contributed by atoms with E-state index in [0.717, 1.165) is 10.5 Å². The number of rotatable bonds is 3. The maximum atomic E-state index is 13.3. The Morgan fingerprint density at radius 1 is 1.17 bits per heavy atom. The van der Waals surface area contributed by atoms with Gasteiger partial charge >= 0.3 is 0 Å². The Kier molecular flexibility index (Phi) is 4.24. The fraction of sp³-hybridized carbons (Fsp3) is 0.0769. The van der Waals surface area contributed by atoms with Gasteiger partial charge < -0.3 is 5.73 Å². The van der Waals surface area contributed by atoms with Gasteiger partial charge in [0, 0.05) is 16.3 Å². The molecule has 0 spiro atoms. The second-order valence-electron chi connectivity index (χ2n) is 3.68. The van der Waals surface area contributed by atoms with E-state index in [1.807, 2.05) is 6.07 Å². The van der Waals surface area contributed by atoms with Gasteiger partial charge in [-0.15, -0.1) is 11.8 Å². The summed E-state index contributed by atoms with van der Waals surface area (Å²) in [6.07, 6.45) is 0. The van der Waals surface area contributed by atoms with Crippen LogP contribution in [-0.2, 0) is 5.75 Å². The number of hydrogen-bond acceptors (Lipinski definition) is 2. The van der Waals surface area contributed by atoms with Crippen LogP contribution in [0.4, 0.5) is 14.5 Å². The van der Waals surface area contributed by atoms with Gasteiger partial charge in [0.05, 0.1) is 4.47 Å². The fourth-order valence-corrected chi connectivity index (χ4v) is 3.00. The third-order valence-electron chi connectivity index (χ3n) is 2.39. The number of benzene rings is 2. The van der Waals surface area contributed by atoms with Gasteiger partial charge in [-0.3, -0.25) is 0 Å². The van der Waals surface area contributed by atoms with E-state index < -0.39 is 0 Å². The lowest BCUT2D eigenvalue weighted by molar-refractivity contribution is 0.619. The molecule has 0 unspecified atom stereocenters. The van der Waals surface area contributed by atoms with E-state index >= 15 is 0 Å². The fourth-order valence-electron chi connectivity index (χ4n) is 1.47. The van der Waals surface area contributed by atoms with E-state index in [1.165, 1.54) is 30.0 Å². The van der Waals surface area contributed by atoms with Crippen LogP contribution >= 0.6 is 27.7 Å². The molecule has 0 fully saturated rings. The van der Waals surface area contributed by atoms with Crippen LogP contribution in [0.2, 0.25) is 0 Å². The van der Waals surface area contributed by atoms with Gasteiger partial charge in [-0.1, -0.05) is 12.1 Å². The molecule has 2 aromatic carbocycles. The highest BCUT2D eigenvalue weighted by Gasteiger charge is 2.07. The van der Waals surface area contributed by atoms with Crippen molar-refractivity contribution in [2.24, 2.45) is 0 Å². The lowest BCUT2D eigenvalue weighted by atomic mass is 10.2. The molecule has 0 saturated carbocycles. The molecule has 2 N–H and O–H groups in total. The van der Waals surface area contributed by atoms with E-state index in [-0.39, 0.29) is 11.6 Å². The van der Waals surface area contributed by atoms with Crippen molar-refractivity contribution in [2.45, 2.75) is 10.6 Å². The molecule has 2 aromatic rings. The summed E-state index contributed by atoms with van der Waals surface area (Å²) in [5, 5.41) is 0. The Bertz CT molecular complexity index is 575. The van der Waals surface area contributed by atoms with E-state index in [4.69, 9.17) is 5.73 Å². The monoisotopic (exact) mass is 329 g/mol. The van der Waals surface area contributed by atoms with Gasteiger partial charge in [-0.05, 0) is 45.8 Å². The number of thioether (sulfide) groups is 1. The minimum absolute atomic E-state index is 0.292. The predicted molar refractivity (Wildman–Crippen MR) is 74.5 cm³/mol. The molecule has 0 aliphatic carbocycles. The van der Waals surface area contributed by atoms with Crippen LogP contribution < -0.4 is 5.73 Å². The molecular weight excluding hydrogens is 320 g/mol. The van der Waals surface area contributed by atoms with Crippen LogP contribution in [0, 0.1) is 11.6 Å². The SMILES string of the molecule is Nc1cc(F)ccc1SCc1cccc(F)c1Br. The Hall–Kier alpha value is -1.07. The summed E-state index contributed by atoms with van der Waals surface area (Å²) in [6.45, 7) is 0. The number of halogens is 3. The minimum Gasteiger partial charge on any atom is -0.398 e. The molecule has 0 aromatic heterocycles. The molecule has 0 bridgehead atoms. The Labute approximate surface area is 117 Å². The van der Waals surface area contributed by atoms with Crippen LogP contribution in [0.25, 0.3) is 0 Å². The van der Waals surface area contributed by atoms with Crippen LogP contribution in [0.3, 0.4) is 0 Å². The Morgan fingerprint density at radius 3 is 2.67 bits per heavy atom. The average molecular weight is 330 g/mol. The quantitative estimate of drug-likeness (QED) is 0.657. The molecule has 0 aliphatic rings. The molecule has 0 heterocycles. The lowest BCUT2D eigenvalue weighted by Gasteiger charge is -2.07. The maximum absolute atomic E-state index is 13.3. The zero-order chi connectivity index (χ0) is 13.1. The van der Waals surface area contributed by atoms with E-state index in [1.54, 1.807) is 12.1 Å². The normalized spacial score (nSPS) is 10.6. The summed E-state index contributed by atoms with van der Waals surface area (Å²) in [5.41, 5.74) is 6.94. The third kappa shape index (κ3) is 3.03. The van der Waals surface area contributed by atoms with Crippen molar-refractivity contribution in [3.05, 3.63) is 58.1 Å². The van der Waals surface area contributed by atoms with Crippen molar-refractivity contribution >= 4 is 33.4 Å². The summed E-state index contributed by atoms with van der Waals surface area (Å²) >= 11 is 4.65. The number of anilines is 1. The third-order valence-corrected chi connectivity index (χ3v) is 4.41. The van der Waals surface area contributed by atoms with Crippen molar-refractivity contribution in [1.29, 1.82) is 0 Å².